The van der Waals surface area contributed by atoms with E-state index in [1.54, 1.807) is 24.3 Å². The lowest BCUT2D eigenvalue weighted by Crippen LogP contribution is -2.27. The molecule has 1 aromatic rings. The molecule has 1 fully saturated rings. The molecule has 0 aliphatic heterocycles. The number of rotatable bonds is 7. The molecule has 0 spiro atoms. The molecule has 5 nitrogen and oxygen atoms in total. The molecule has 0 heterocycles. The Kier molecular flexibility index (Phi) is 7.31. The fourth-order valence-corrected chi connectivity index (χ4v) is 3.37. The van der Waals surface area contributed by atoms with E-state index in [4.69, 9.17) is 16.2 Å². The number of phenols is 1. The number of hydrogen-bond acceptors (Lipinski definition) is 5. The van der Waals surface area contributed by atoms with Crippen molar-refractivity contribution >= 4 is 5.97 Å². The van der Waals surface area contributed by atoms with E-state index >= 15 is 0 Å². The van der Waals surface area contributed by atoms with Crippen LogP contribution in [0.15, 0.2) is 35.5 Å². The predicted octanol–water partition coefficient (Wildman–Crippen LogP) is 3.53. The second-order valence-corrected chi connectivity index (χ2v) is 6.86. The van der Waals surface area contributed by atoms with E-state index in [9.17, 15) is 9.90 Å². The fourth-order valence-electron chi connectivity index (χ4n) is 3.37. The first-order valence-corrected chi connectivity index (χ1v) is 9.23. The highest BCUT2D eigenvalue weighted by Gasteiger charge is 2.25. The average Bonchev–Trinajstić information content (AvgIpc) is 2.61. The quantitative estimate of drug-likeness (QED) is 0.518. The van der Waals surface area contributed by atoms with Gasteiger partial charge in [0, 0.05) is 5.70 Å². The molecule has 5 heteroatoms. The number of carbonyl (C=O) groups excluding carboxylic acids is 1. The van der Waals surface area contributed by atoms with E-state index in [2.05, 4.69) is 0 Å². The number of nitrogens with two attached hydrogens (primary N) is 2. The highest BCUT2D eigenvalue weighted by atomic mass is 16.5. The van der Waals surface area contributed by atoms with Crippen molar-refractivity contribution in [2.45, 2.75) is 57.9 Å². The molecule has 138 valence electrons. The van der Waals surface area contributed by atoms with Crippen LogP contribution in [0.1, 0.15) is 63.5 Å². The normalized spacial score (nSPS) is 17.7. The van der Waals surface area contributed by atoms with Gasteiger partial charge in [0.1, 0.15) is 5.75 Å². The van der Waals surface area contributed by atoms with Crippen molar-refractivity contribution in [1.82, 2.24) is 0 Å². The Morgan fingerprint density at radius 3 is 2.68 bits per heavy atom. The zero-order chi connectivity index (χ0) is 18.2. The third kappa shape index (κ3) is 5.49. The minimum absolute atomic E-state index is 0.108. The Morgan fingerprint density at radius 2 is 2.04 bits per heavy atom. The first-order valence-electron chi connectivity index (χ1n) is 9.23. The monoisotopic (exact) mass is 346 g/mol. The smallest absolute Gasteiger partial charge is 0.337 e. The lowest BCUT2D eigenvalue weighted by atomic mass is 9.90. The van der Waals surface area contributed by atoms with Crippen LogP contribution in [-0.2, 0) is 9.53 Å². The fraction of sp³-hybridized carbons (Fsp3) is 0.550. The second kappa shape index (κ2) is 9.47. The van der Waals surface area contributed by atoms with Gasteiger partial charge in [0.25, 0.3) is 0 Å². The molecule has 1 aromatic carbocycles. The van der Waals surface area contributed by atoms with Gasteiger partial charge in [-0.05, 0) is 42.9 Å². The van der Waals surface area contributed by atoms with Gasteiger partial charge in [-0.1, -0.05) is 44.7 Å². The van der Waals surface area contributed by atoms with Crippen molar-refractivity contribution in [2.24, 2.45) is 17.4 Å². The van der Waals surface area contributed by atoms with Crippen LogP contribution in [0.2, 0.25) is 0 Å². The highest BCUT2D eigenvalue weighted by Crippen LogP contribution is 2.28. The van der Waals surface area contributed by atoms with Gasteiger partial charge in [0.05, 0.1) is 18.2 Å². The first-order chi connectivity index (χ1) is 12.0. The van der Waals surface area contributed by atoms with Crippen molar-refractivity contribution in [3.63, 3.8) is 0 Å². The Hall–Kier alpha value is -2.01. The molecule has 1 atom stereocenters. The molecule has 1 aliphatic carbocycles. The standard InChI is InChI=1S/C20H30N2O3/c1-2-7-17(21)18(19(22)15-10-6-11-16(23)12-15)20(24)25-13-14-8-4-3-5-9-14/h6,10-12,14,19,23H,2-5,7-9,13,21-22H2,1H3/b18-17+. The van der Waals surface area contributed by atoms with Crippen molar-refractivity contribution in [3.05, 3.63) is 41.1 Å². The molecule has 1 saturated carbocycles. The number of allylic oxidation sites excluding steroid dienone is 1. The molecule has 2 rings (SSSR count). The van der Waals surface area contributed by atoms with E-state index in [-0.39, 0.29) is 5.75 Å². The van der Waals surface area contributed by atoms with E-state index < -0.39 is 12.0 Å². The maximum Gasteiger partial charge on any atom is 0.337 e. The Morgan fingerprint density at radius 1 is 1.32 bits per heavy atom. The molecular weight excluding hydrogens is 316 g/mol. The lowest BCUT2D eigenvalue weighted by molar-refractivity contribution is -0.141. The molecular formula is C20H30N2O3. The summed E-state index contributed by atoms with van der Waals surface area (Å²) in [7, 11) is 0. The van der Waals surface area contributed by atoms with Crippen molar-refractivity contribution in [3.8, 4) is 5.75 Å². The average molecular weight is 346 g/mol. The van der Waals surface area contributed by atoms with E-state index in [1.807, 2.05) is 6.92 Å². The second-order valence-electron chi connectivity index (χ2n) is 6.86. The molecule has 0 radical (unpaired) electrons. The summed E-state index contributed by atoms with van der Waals surface area (Å²) in [6.45, 7) is 2.42. The summed E-state index contributed by atoms with van der Waals surface area (Å²) in [5.74, 6) is 0.104. The summed E-state index contributed by atoms with van der Waals surface area (Å²) in [5.41, 5.74) is 13.9. The van der Waals surface area contributed by atoms with Gasteiger partial charge < -0.3 is 21.3 Å². The van der Waals surface area contributed by atoms with Gasteiger partial charge in [-0.3, -0.25) is 0 Å². The number of aromatic hydroxyl groups is 1. The number of esters is 1. The molecule has 0 bridgehead atoms. The third-order valence-electron chi connectivity index (χ3n) is 4.80. The van der Waals surface area contributed by atoms with Crippen molar-refractivity contribution in [2.75, 3.05) is 6.61 Å². The van der Waals surface area contributed by atoms with Crippen LogP contribution < -0.4 is 11.5 Å². The summed E-state index contributed by atoms with van der Waals surface area (Å²) in [6.07, 6.45) is 7.28. The first kappa shape index (κ1) is 19.3. The zero-order valence-electron chi connectivity index (χ0n) is 15.0. The Labute approximate surface area is 150 Å². The summed E-state index contributed by atoms with van der Waals surface area (Å²) >= 11 is 0. The summed E-state index contributed by atoms with van der Waals surface area (Å²) in [6, 6.07) is 5.88. The lowest BCUT2D eigenvalue weighted by Gasteiger charge is -2.23. The summed E-state index contributed by atoms with van der Waals surface area (Å²) in [4.78, 5) is 12.7. The van der Waals surface area contributed by atoms with Gasteiger partial charge in [-0.25, -0.2) is 4.79 Å². The van der Waals surface area contributed by atoms with Gasteiger partial charge >= 0.3 is 5.97 Å². The van der Waals surface area contributed by atoms with Crippen LogP contribution in [0.5, 0.6) is 5.75 Å². The maximum absolute atomic E-state index is 12.7. The van der Waals surface area contributed by atoms with Crippen LogP contribution in [0.25, 0.3) is 0 Å². The topological polar surface area (TPSA) is 98.6 Å². The Bertz CT molecular complexity index is 607. The molecule has 5 N–H and O–H groups in total. The SMILES string of the molecule is CCC/C(N)=C(\C(=O)OCC1CCCCC1)C(N)c1cccc(O)c1. The van der Waals surface area contributed by atoms with Crippen LogP contribution in [0, 0.1) is 5.92 Å². The number of phenolic OH excluding ortho intramolecular Hbond substituents is 1. The number of carbonyl (C=O) groups is 1. The molecule has 0 aromatic heterocycles. The van der Waals surface area contributed by atoms with Crippen molar-refractivity contribution < 1.29 is 14.6 Å². The molecule has 1 aliphatic rings. The van der Waals surface area contributed by atoms with E-state index in [0.29, 0.717) is 35.8 Å². The van der Waals surface area contributed by atoms with Gasteiger partial charge in [0.2, 0.25) is 0 Å². The van der Waals surface area contributed by atoms with Crippen LogP contribution in [0.4, 0.5) is 0 Å². The zero-order valence-corrected chi connectivity index (χ0v) is 15.0. The van der Waals surface area contributed by atoms with Gasteiger partial charge in [-0.2, -0.15) is 0 Å². The molecule has 25 heavy (non-hydrogen) atoms. The van der Waals surface area contributed by atoms with Crippen LogP contribution >= 0.6 is 0 Å². The largest absolute Gasteiger partial charge is 0.508 e. The minimum Gasteiger partial charge on any atom is -0.508 e. The van der Waals surface area contributed by atoms with E-state index in [1.165, 1.54) is 19.3 Å². The van der Waals surface area contributed by atoms with Crippen LogP contribution in [0.3, 0.4) is 0 Å². The molecule has 0 amide bonds. The van der Waals surface area contributed by atoms with Crippen molar-refractivity contribution in [1.29, 1.82) is 0 Å². The third-order valence-corrected chi connectivity index (χ3v) is 4.80. The number of benzene rings is 1. The number of hydrogen-bond donors (Lipinski definition) is 3. The van der Waals surface area contributed by atoms with E-state index in [0.717, 1.165) is 19.3 Å². The molecule has 1 unspecified atom stereocenters. The predicted molar refractivity (Wildman–Crippen MR) is 98.7 cm³/mol. The number of ether oxygens (including phenoxy) is 1. The molecule has 0 saturated heterocycles. The van der Waals surface area contributed by atoms with Gasteiger partial charge in [-0.15, -0.1) is 0 Å². The maximum atomic E-state index is 12.7. The highest BCUT2D eigenvalue weighted by molar-refractivity contribution is 5.91. The summed E-state index contributed by atoms with van der Waals surface area (Å²) in [5, 5.41) is 9.68. The Balaban J connectivity index is 2.14. The summed E-state index contributed by atoms with van der Waals surface area (Å²) < 4.78 is 5.56. The van der Waals surface area contributed by atoms with Crippen LogP contribution in [-0.4, -0.2) is 17.7 Å². The van der Waals surface area contributed by atoms with Gasteiger partial charge in [0.15, 0.2) is 0 Å². The minimum atomic E-state index is -0.711.